The molecule has 0 aromatic heterocycles. The van der Waals surface area contributed by atoms with Gasteiger partial charge in [-0.2, -0.15) is 0 Å². The number of benzene rings is 2. The van der Waals surface area contributed by atoms with Crippen LogP contribution in [-0.4, -0.2) is 37.7 Å². The molecule has 2 aromatic carbocycles. The molecule has 1 atom stereocenters. The van der Waals surface area contributed by atoms with E-state index >= 15 is 0 Å². The average molecular weight is 397 g/mol. The van der Waals surface area contributed by atoms with Gasteiger partial charge < -0.3 is 19.1 Å². The number of carbonyl (C=O) groups excluding carboxylic acids is 2. The summed E-state index contributed by atoms with van der Waals surface area (Å²) in [4.78, 5) is 27.1. The van der Waals surface area contributed by atoms with Gasteiger partial charge in [-0.05, 0) is 56.5 Å². The van der Waals surface area contributed by atoms with Crippen molar-refractivity contribution in [2.24, 2.45) is 0 Å². The van der Waals surface area contributed by atoms with Crippen molar-refractivity contribution in [3.63, 3.8) is 0 Å². The molecule has 1 aliphatic rings. The van der Waals surface area contributed by atoms with Crippen LogP contribution >= 0.6 is 0 Å². The molecule has 0 saturated carbocycles. The number of carbonyl (C=O) groups is 2. The maximum Gasteiger partial charge on any atom is 0.339 e. The summed E-state index contributed by atoms with van der Waals surface area (Å²) in [7, 11) is 0. The Morgan fingerprint density at radius 3 is 2.62 bits per heavy atom. The molecular formula is C23H27NO5. The molecule has 1 heterocycles. The number of amides is 1. The standard InChI is InChI=1S/C23H27NO5/c1-4-14-28-20-11-10-18(15-21(20)27-5-2)23(26)29-16(3)22(25)24-13-12-17-8-6-7-9-19(17)24/h6-11,15-16H,4-5,12-14H2,1-3H3. The van der Waals surface area contributed by atoms with E-state index in [9.17, 15) is 9.59 Å². The third-order valence-electron chi connectivity index (χ3n) is 4.73. The zero-order valence-corrected chi connectivity index (χ0v) is 17.1. The summed E-state index contributed by atoms with van der Waals surface area (Å²) in [6.45, 7) is 7.09. The Morgan fingerprint density at radius 1 is 1.07 bits per heavy atom. The summed E-state index contributed by atoms with van der Waals surface area (Å²) >= 11 is 0. The zero-order chi connectivity index (χ0) is 20.8. The highest BCUT2D eigenvalue weighted by molar-refractivity contribution is 6.00. The van der Waals surface area contributed by atoms with Gasteiger partial charge in [0.1, 0.15) is 0 Å². The van der Waals surface area contributed by atoms with Crippen LogP contribution < -0.4 is 14.4 Å². The van der Waals surface area contributed by atoms with Crippen molar-refractivity contribution in [1.29, 1.82) is 0 Å². The smallest absolute Gasteiger partial charge is 0.339 e. The Balaban J connectivity index is 1.69. The van der Waals surface area contributed by atoms with Gasteiger partial charge in [-0.1, -0.05) is 25.1 Å². The van der Waals surface area contributed by atoms with Gasteiger partial charge in [0.25, 0.3) is 5.91 Å². The molecule has 6 heteroatoms. The van der Waals surface area contributed by atoms with Crippen LogP contribution in [0.15, 0.2) is 42.5 Å². The van der Waals surface area contributed by atoms with E-state index in [1.165, 1.54) is 0 Å². The van der Waals surface area contributed by atoms with Crippen LogP contribution in [-0.2, 0) is 16.0 Å². The Labute approximate surface area is 171 Å². The third kappa shape index (κ3) is 4.70. The predicted molar refractivity (Wildman–Crippen MR) is 111 cm³/mol. The maximum atomic E-state index is 12.8. The topological polar surface area (TPSA) is 65.1 Å². The van der Waals surface area contributed by atoms with Gasteiger partial charge in [-0.15, -0.1) is 0 Å². The Hall–Kier alpha value is -3.02. The Bertz CT molecular complexity index is 879. The summed E-state index contributed by atoms with van der Waals surface area (Å²) in [6, 6.07) is 12.7. The molecule has 0 spiro atoms. The first-order valence-corrected chi connectivity index (χ1v) is 10.0. The quantitative estimate of drug-likeness (QED) is 0.630. The van der Waals surface area contributed by atoms with Gasteiger partial charge in [0, 0.05) is 12.2 Å². The number of ether oxygens (including phenoxy) is 3. The van der Waals surface area contributed by atoms with Crippen molar-refractivity contribution in [3.05, 3.63) is 53.6 Å². The van der Waals surface area contributed by atoms with Crippen LogP contribution in [0.3, 0.4) is 0 Å². The van der Waals surface area contributed by atoms with E-state index in [1.54, 1.807) is 30.0 Å². The summed E-state index contributed by atoms with van der Waals surface area (Å²) in [5.74, 6) is 0.281. The molecule has 3 rings (SSSR count). The van der Waals surface area contributed by atoms with Crippen LogP contribution in [0.2, 0.25) is 0 Å². The summed E-state index contributed by atoms with van der Waals surface area (Å²) < 4.78 is 16.7. The number of rotatable bonds is 8. The second-order valence-electron chi connectivity index (χ2n) is 6.86. The highest BCUT2D eigenvalue weighted by Gasteiger charge is 2.30. The number of fused-ring (bicyclic) bond motifs is 1. The molecule has 0 fully saturated rings. The fourth-order valence-electron chi connectivity index (χ4n) is 3.30. The van der Waals surface area contributed by atoms with Crippen LogP contribution in [0.1, 0.15) is 43.1 Å². The number of para-hydroxylation sites is 1. The predicted octanol–water partition coefficient (Wildman–Crippen LogP) is 4.01. The second kappa shape index (κ2) is 9.45. The SMILES string of the molecule is CCCOc1ccc(C(=O)OC(C)C(=O)N2CCc3ccccc32)cc1OCC. The molecule has 1 unspecified atom stereocenters. The first-order valence-electron chi connectivity index (χ1n) is 10.0. The Kier molecular flexibility index (Phi) is 6.75. The fourth-order valence-corrected chi connectivity index (χ4v) is 3.30. The van der Waals surface area contributed by atoms with Gasteiger partial charge in [0.2, 0.25) is 0 Å². The van der Waals surface area contributed by atoms with E-state index in [1.807, 2.05) is 38.1 Å². The molecule has 154 valence electrons. The van der Waals surface area contributed by atoms with Crippen molar-refractivity contribution in [1.82, 2.24) is 0 Å². The number of hydrogen-bond donors (Lipinski definition) is 0. The summed E-state index contributed by atoms with van der Waals surface area (Å²) in [5.41, 5.74) is 2.33. The highest BCUT2D eigenvalue weighted by Crippen LogP contribution is 2.30. The lowest BCUT2D eigenvalue weighted by Gasteiger charge is -2.22. The van der Waals surface area contributed by atoms with Gasteiger partial charge in [-0.25, -0.2) is 4.79 Å². The lowest BCUT2D eigenvalue weighted by atomic mass is 10.2. The highest BCUT2D eigenvalue weighted by atomic mass is 16.5. The second-order valence-corrected chi connectivity index (χ2v) is 6.86. The van der Waals surface area contributed by atoms with Gasteiger partial charge in [0.05, 0.1) is 18.8 Å². The first kappa shape index (κ1) is 20.7. The number of esters is 1. The minimum Gasteiger partial charge on any atom is -0.490 e. The van der Waals surface area contributed by atoms with E-state index in [0.717, 1.165) is 24.1 Å². The molecule has 0 radical (unpaired) electrons. The largest absolute Gasteiger partial charge is 0.490 e. The number of nitrogens with zero attached hydrogens (tertiary/aromatic N) is 1. The third-order valence-corrected chi connectivity index (χ3v) is 4.73. The molecule has 0 aliphatic carbocycles. The lowest BCUT2D eigenvalue weighted by molar-refractivity contribution is -0.126. The van der Waals surface area contributed by atoms with Crippen molar-refractivity contribution < 1.29 is 23.8 Å². The minimum absolute atomic E-state index is 0.226. The van der Waals surface area contributed by atoms with Crippen LogP contribution in [0.4, 0.5) is 5.69 Å². The monoisotopic (exact) mass is 397 g/mol. The molecule has 0 saturated heterocycles. The molecular weight excluding hydrogens is 370 g/mol. The van der Waals surface area contributed by atoms with Crippen LogP contribution in [0.5, 0.6) is 11.5 Å². The Morgan fingerprint density at radius 2 is 1.86 bits per heavy atom. The molecule has 0 bridgehead atoms. The molecule has 2 aromatic rings. The fraction of sp³-hybridized carbons (Fsp3) is 0.391. The lowest BCUT2D eigenvalue weighted by Crippen LogP contribution is -2.39. The van der Waals surface area contributed by atoms with Crippen LogP contribution in [0, 0.1) is 0 Å². The van der Waals surface area contributed by atoms with E-state index in [-0.39, 0.29) is 5.91 Å². The zero-order valence-electron chi connectivity index (χ0n) is 17.1. The van der Waals surface area contributed by atoms with Gasteiger partial charge in [-0.3, -0.25) is 4.79 Å². The molecule has 6 nitrogen and oxygen atoms in total. The van der Waals surface area contributed by atoms with Crippen molar-refractivity contribution in [3.8, 4) is 11.5 Å². The molecule has 0 N–H and O–H groups in total. The summed E-state index contributed by atoms with van der Waals surface area (Å²) in [5, 5.41) is 0. The van der Waals surface area contributed by atoms with Crippen molar-refractivity contribution in [2.45, 2.75) is 39.7 Å². The van der Waals surface area contributed by atoms with E-state index in [2.05, 4.69) is 0 Å². The van der Waals surface area contributed by atoms with E-state index in [0.29, 0.717) is 36.8 Å². The van der Waals surface area contributed by atoms with E-state index in [4.69, 9.17) is 14.2 Å². The van der Waals surface area contributed by atoms with E-state index < -0.39 is 12.1 Å². The first-order chi connectivity index (χ1) is 14.0. The summed E-state index contributed by atoms with van der Waals surface area (Å²) in [6.07, 6.45) is 0.786. The van der Waals surface area contributed by atoms with Gasteiger partial charge in [0.15, 0.2) is 17.6 Å². The number of anilines is 1. The molecule has 29 heavy (non-hydrogen) atoms. The maximum absolute atomic E-state index is 12.8. The van der Waals surface area contributed by atoms with Crippen molar-refractivity contribution in [2.75, 3.05) is 24.7 Å². The molecule has 1 aliphatic heterocycles. The van der Waals surface area contributed by atoms with Crippen molar-refractivity contribution >= 4 is 17.6 Å². The normalized spacial score (nSPS) is 13.6. The number of hydrogen-bond acceptors (Lipinski definition) is 5. The minimum atomic E-state index is -0.889. The average Bonchev–Trinajstić information content (AvgIpc) is 3.16. The van der Waals surface area contributed by atoms with Gasteiger partial charge >= 0.3 is 5.97 Å². The molecule has 1 amide bonds. The van der Waals surface area contributed by atoms with Crippen LogP contribution in [0.25, 0.3) is 0 Å².